The van der Waals surface area contributed by atoms with Crippen molar-refractivity contribution in [1.29, 1.82) is 0 Å². The van der Waals surface area contributed by atoms with Crippen molar-refractivity contribution in [3.05, 3.63) is 40.7 Å². The monoisotopic (exact) mass is 285 g/mol. The van der Waals surface area contributed by atoms with Crippen molar-refractivity contribution in [3.63, 3.8) is 0 Å². The largest absolute Gasteiger partial charge is 0.310 e. The van der Waals surface area contributed by atoms with Crippen LogP contribution in [0.25, 0.3) is 4.85 Å². The van der Waals surface area contributed by atoms with Crippen LogP contribution in [0.15, 0.2) is 23.1 Å². The van der Waals surface area contributed by atoms with Crippen LogP contribution >= 0.6 is 10.2 Å². The highest BCUT2D eigenvalue weighted by Crippen LogP contribution is 3.02. The summed E-state index contributed by atoms with van der Waals surface area (Å²) in [5.41, 5.74) is -1.20. The molecule has 100 valence electrons. The molecule has 0 N–H and O–H groups in total. The number of Topliss-reactive ketones (excluding diaryl/α,β-unsaturated/α-hetero) is 1. The van der Waals surface area contributed by atoms with E-state index in [0.29, 0.717) is 0 Å². The molecule has 0 aliphatic rings. The molecule has 1 rings (SSSR count). The third-order valence-corrected chi connectivity index (χ3v) is 3.42. The Bertz CT molecular complexity index is 558. The third-order valence-electron chi connectivity index (χ3n) is 2.15. The molecule has 1 aromatic rings. The highest BCUT2D eigenvalue weighted by molar-refractivity contribution is 8.45. The molecular weight excluding hydrogens is 277 g/mol. The second-order valence-corrected chi connectivity index (χ2v) is 6.07. The maximum Gasteiger partial charge on any atom is 0.310 e. The molecule has 0 saturated heterocycles. The number of aryl methyl sites for hydroxylation is 1. The van der Waals surface area contributed by atoms with Gasteiger partial charge in [-0.15, -0.1) is 0 Å². The van der Waals surface area contributed by atoms with Gasteiger partial charge in [-0.2, -0.15) is 0 Å². The number of carbonyl (C=O) groups excluding carboxylic acids is 1. The van der Waals surface area contributed by atoms with E-state index in [1.165, 1.54) is 0 Å². The van der Waals surface area contributed by atoms with Crippen molar-refractivity contribution < 1.29 is 24.2 Å². The molecule has 1 aromatic carbocycles. The third kappa shape index (κ3) is 3.20. The maximum atomic E-state index is 12.7. The molecular formula is C10H8F5NOS. The Hall–Kier alpha value is -1.62. The summed E-state index contributed by atoms with van der Waals surface area (Å²) in [6, 6.07) is 1.91. The number of ketones is 1. The Morgan fingerprint density at radius 3 is 2.28 bits per heavy atom. The van der Waals surface area contributed by atoms with E-state index in [2.05, 4.69) is 4.85 Å². The van der Waals surface area contributed by atoms with Crippen molar-refractivity contribution in [2.24, 2.45) is 0 Å². The smallest absolute Gasteiger partial charge is 0.308 e. The molecule has 0 heterocycles. The van der Waals surface area contributed by atoms with Crippen LogP contribution in [0, 0.1) is 13.5 Å². The quantitative estimate of drug-likeness (QED) is 0.446. The lowest BCUT2D eigenvalue weighted by Crippen LogP contribution is -2.11. The average molecular weight is 285 g/mol. The van der Waals surface area contributed by atoms with E-state index in [1.807, 2.05) is 0 Å². The number of carbonyl (C=O) groups is 1. The molecule has 18 heavy (non-hydrogen) atoms. The molecule has 0 amide bonds. The van der Waals surface area contributed by atoms with Gasteiger partial charge in [0, 0.05) is 5.56 Å². The van der Waals surface area contributed by atoms with Crippen molar-refractivity contribution in [1.82, 2.24) is 0 Å². The van der Waals surface area contributed by atoms with Gasteiger partial charge >= 0.3 is 10.2 Å². The second kappa shape index (κ2) is 3.45. The Morgan fingerprint density at radius 2 is 1.83 bits per heavy atom. The fourth-order valence-electron chi connectivity index (χ4n) is 1.35. The first-order valence-corrected chi connectivity index (χ1v) is 6.51. The van der Waals surface area contributed by atoms with E-state index in [9.17, 15) is 24.2 Å². The van der Waals surface area contributed by atoms with Gasteiger partial charge < -0.3 is 4.85 Å². The number of hydrogen-bond acceptors (Lipinski definition) is 1. The fraction of sp³-hybridized carbons (Fsp3) is 0.200. The number of halogens is 5. The van der Waals surface area contributed by atoms with Gasteiger partial charge in [-0.25, -0.2) is 6.57 Å². The van der Waals surface area contributed by atoms with Crippen molar-refractivity contribution in [3.8, 4) is 0 Å². The van der Waals surface area contributed by atoms with Crippen LogP contribution in [0.5, 0.6) is 0 Å². The zero-order valence-electron chi connectivity index (χ0n) is 9.09. The van der Waals surface area contributed by atoms with Crippen molar-refractivity contribution in [2.75, 3.05) is 6.54 Å². The summed E-state index contributed by atoms with van der Waals surface area (Å²) in [6.07, 6.45) is 0. The first kappa shape index (κ1) is 14.4. The molecule has 8 heteroatoms. The SMILES string of the molecule is [C-]#[N+]CC(=O)c1ccc(C)c(S(F)(F)(F)(F)F)c1. The Labute approximate surface area is 100.0 Å². The highest BCUT2D eigenvalue weighted by Gasteiger charge is 2.66. The molecule has 0 spiro atoms. The molecule has 0 bridgehead atoms. The van der Waals surface area contributed by atoms with Gasteiger partial charge in [0.1, 0.15) is 4.90 Å². The summed E-state index contributed by atoms with van der Waals surface area (Å²) in [5.74, 6) is -0.923. The minimum atomic E-state index is -9.82. The zero-order chi connectivity index (χ0) is 14.3. The van der Waals surface area contributed by atoms with E-state index in [0.717, 1.165) is 19.1 Å². The molecule has 0 aliphatic heterocycles. The zero-order valence-corrected chi connectivity index (χ0v) is 9.91. The molecule has 0 aromatic heterocycles. The fourth-order valence-corrected chi connectivity index (χ4v) is 2.38. The van der Waals surface area contributed by atoms with Crippen LogP contribution in [0.4, 0.5) is 19.4 Å². The van der Waals surface area contributed by atoms with Crippen LogP contribution in [-0.4, -0.2) is 12.3 Å². The second-order valence-electron chi connectivity index (χ2n) is 3.69. The normalized spacial score (nSPS) is 15.4. The number of hydrogen-bond donors (Lipinski definition) is 0. The lowest BCUT2D eigenvalue weighted by atomic mass is 10.1. The number of nitrogens with zero attached hydrogens (tertiary/aromatic N) is 1. The molecule has 0 saturated carbocycles. The lowest BCUT2D eigenvalue weighted by molar-refractivity contribution is 0.101. The van der Waals surface area contributed by atoms with Crippen molar-refractivity contribution in [2.45, 2.75) is 11.8 Å². The van der Waals surface area contributed by atoms with Crippen molar-refractivity contribution >= 4 is 16.0 Å². The van der Waals surface area contributed by atoms with Gasteiger partial charge in [-0.05, 0) is 18.6 Å². The van der Waals surface area contributed by atoms with E-state index in [1.54, 1.807) is 0 Å². The predicted molar refractivity (Wildman–Crippen MR) is 58.4 cm³/mol. The van der Waals surface area contributed by atoms with Crippen LogP contribution < -0.4 is 0 Å². The maximum absolute atomic E-state index is 12.7. The number of rotatable bonds is 3. The molecule has 0 aliphatic carbocycles. The minimum absolute atomic E-state index is 0.115. The molecule has 0 unspecified atom stereocenters. The van der Waals surface area contributed by atoms with Crippen LogP contribution in [0.1, 0.15) is 15.9 Å². The summed E-state index contributed by atoms with van der Waals surface area (Å²) in [6.45, 7) is 6.63. The summed E-state index contributed by atoms with van der Waals surface area (Å²) in [5, 5.41) is 0. The van der Waals surface area contributed by atoms with Gasteiger partial charge in [0.2, 0.25) is 5.78 Å². The number of benzene rings is 1. The van der Waals surface area contributed by atoms with Crippen LogP contribution in [-0.2, 0) is 0 Å². The summed E-state index contributed by atoms with van der Waals surface area (Å²) < 4.78 is 63.3. The Kier molecular flexibility index (Phi) is 2.76. The van der Waals surface area contributed by atoms with Gasteiger partial charge in [0.05, 0.1) is 0 Å². The van der Waals surface area contributed by atoms with Gasteiger partial charge in [-0.1, -0.05) is 31.6 Å². The molecule has 0 radical (unpaired) electrons. The molecule has 2 nitrogen and oxygen atoms in total. The Morgan fingerprint density at radius 1 is 1.28 bits per heavy atom. The summed E-state index contributed by atoms with van der Waals surface area (Å²) in [4.78, 5) is 11.9. The highest BCUT2D eigenvalue weighted by atomic mass is 32.5. The topological polar surface area (TPSA) is 21.4 Å². The standard InChI is InChI=1S/C10H8F5NOS/c1-7-3-4-8(9(17)6-16-2)5-10(7)18(11,12,13,14)15/h3-5H,6H2,1H3. The predicted octanol–water partition coefficient (Wildman–Crippen LogP) is 4.75. The van der Waals surface area contributed by atoms with E-state index >= 15 is 0 Å². The minimum Gasteiger partial charge on any atom is -0.308 e. The first-order chi connectivity index (χ1) is 7.85. The van der Waals surface area contributed by atoms with Crippen LogP contribution in [0.2, 0.25) is 0 Å². The molecule has 0 atom stereocenters. The first-order valence-electron chi connectivity index (χ1n) is 4.56. The van der Waals surface area contributed by atoms with Gasteiger partial charge in [-0.3, -0.25) is 4.79 Å². The van der Waals surface area contributed by atoms with E-state index < -0.39 is 38.6 Å². The average Bonchev–Trinajstić information content (AvgIpc) is 2.14. The Balaban J connectivity index is 3.47. The van der Waals surface area contributed by atoms with Gasteiger partial charge in [0.15, 0.2) is 0 Å². The van der Waals surface area contributed by atoms with E-state index in [4.69, 9.17) is 6.57 Å². The van der Waals surface area contributed by atoms with E-state index in [-0.39, 0.29) is 6.07 Å². The lowest BCUT2D eigenvalue weighted by Gasteiger charge is -2.41. The molecule has 0 fully saturated rings. The summed E-state index contributed by atoms with van der Waals surface area (Å²) in [7, 11) is -9.82. The summed E-state index contributed by atoms with van der Waals surface area (Å²) >= 11 is 0. The van der Waals surface area contributed by atoms with Gasteiger partial charge in [0.25, 0.3) is 6.54 Å². The van der Waals surface area contributed by atoms with Crippen LogP contribution in [0.3, 0.4) is 0 Å².